The number of rotatable bonds is 8. The Morgan fingerprint density at radius 3 is 2.46 bits per heavy atom. The minimum Gasteiger partial charge on any atom is -0.493 e. The Morgan fingerprint density at radius 1 is 1.00 bits per heavy atom. The third-order valence-electron chi connectivity index (χ3n) is 3.46. The molecule has 26 heavy (non-hydrogen) atoms. The summed E-state index contributed by atoms with van der Waals surface area (Å²) in [6.07, 6.45) is 0. The van der Waals surface area contributed by atoms with E-state index in [0.29, 0.717) is 29.5 Å². The lowest BCUT2D eigenvalue weighted by atomic mass is 10.2. The fraction of sp³-hybridized carbons (Fsp3) is 0.263. The van der Waals surface area contributed by atoms with Crippen molar-refractivity contribution in [2.75, 3.05) is 26.1 Å². The van der Waals surface area contributed by atoms with Crippen molar-refractivity contribution in [2.24, 2.45) is 0 Å². The fourth-order valence-corrected chi connectivity index (χ4v) is 2.26. The van der Waals surface area contributed by atoms with Crippen molar-refractivity contribution in [1.82, 2.24) is 5.32 Å². The summed E-state index contributed by atoms with van der Waals surface area (Å²) in [5.74, 6) is 1.30. The van der Waals surface area contributed by atoms with E-state index < -0.39 is 0 Å². The minimum absolute atomic E-state index is 0.128. The molecule has 0 saturated carbocycles. The van der Waals surface area contributed by atoms with Crippen LogP contribution < -0.4 is 24.8 Å². The fourth-order valence-electron chi connectivity index (χ4n) is 2.26. The second kappa shape index (κ2) is 9.31. The molecule has 0 aromatic heterocycles. The Hall–Kier alpha value is -3.22. The van der Waals surface area contributed by atoms with E-state index in [-0.39, 0.29) is 18.4 Å². The topological polar surface area (TPSA) is 85.9 Å². The molecule has 0 fully saturated rings. The van der Waals surface area contributed by atoms with Crippen molar-refractivity contribution >= 4 is 17.5 Å². The number of nitrogens with one attached hydrogen (secondary N) is 2. The van der Waals surface area contributed by atoms with Crippen molar-refractivity contribution in [3.8, 4) is 17.2 Å². The number of hydrogen-bond acceptors (Lipinski definition) is 5. The predicted molar refractivity (Wildman–Crippen MR) is 97.6 cm³/mol. The monoisotopic (exact) mass is 358 g/mol. The molecule has 2 aromatic carbocycles. The number of anilines is 1. The van der Waals surface area contributed by atoms with Crippen LogP contribution in [0.3, 0.4) is 0 Å². The predicted octanol–water partition coefficient (Wildman–Crippen LogP) is 2.36. The van der Waals surface area contributed by atoms with Crippen LogP contribution in [0, 0.1) is 0 Å². The van der Waals surface area contributed by atoms with Gasteiger partial charge in [0.2, 0.25) is 5.91 Å². The van der Waals surface area contributed by atoms with Gasteiger partial charge < -0.3 is 24.8 Å². The van der Waals surface area contributed by atoms with Gasteiger partial charge in [0, 0.05) is 25.2 Å². The number of hydrogen-bond donors (Lipinski definition) is 2. The zero-order chi connectivity index (χ0) is 18.9. The Kier molecular flexibility index (Phi) is 6.84. The van der Waals surface area contributed by atoms with E-state index in [0.717, 1.165) is 5.56 Å². The summed E-state index contributed by atoms with van der Waals surface area (Å²) in [5, 5.41) is 5.43. The summed E-state index contributed by atoms with van der Waals surface area (Å²) in [5.41, 5.74) is 1.49. The first-order valence-corrected chi connectivity index (χ1v) is 8.00. The first kappa shape index (κ1) is 19.1. The third kappa shape index (κ3) is 5.70. The highest BCUT2D eigenvalue weighted by Gasteiger charge is 2.07. The van der Waals surface area contributed by atoms with Gasteiger partial charge in [-0.25, -0.2) is 0 Å². The third-order valence-corrected chi connectivity index (χ3v) is 3.46. The van der Waals surface area contributed by atoms with Crippen LogP contribution in [0.4, 0.5) is 5.69 Å². The molecular formula is C19H22N2O5. The van der Waals surface area contributed by atoms with Gasteiger partial charge in [0.25, 0.3) is 5.91 Å². The highest BCUT2D eigenvalue weighted by Crippen LogP contribution is 2.27. The van der Waals surface area contributed by atoms with Crippen LogP contribution in [-0.4, -0.2) is 32.6 Å². The minimum atomic E-state index is -0.260. The molecule has 0 radical (unpaired) electrons. The van der Waals surface area contributed by atoms with Gasteiger partial charge in [-0.15, -0.1) is 0 Å². The molecule has 2 amide bonds. The van der Waals surface area contributed by atoms with E-state index in [2.05, 4.69) is 10.6 Å². The summed E-state index contributed by atoms with van der Waals surface area (Å²) in [7, 11) is 3.13. The van der Waals surface area contributed by atoms with Gasteiger partial charge >= 0.3 is 0 Å². The van der Waals surface area contributed by atoms with Crippen LogP contribution in [0.5, 0.6) is 17.2 Å². The molecular weight excluding hydrogens is 336 g/mol. The molecule has 0 spiro atoms. The molecule has 2 rings (SSSR count). The van der Waals surface area contributed by atoms with Crippen LogP contribution in [-0.2, 0) is 16.1 Å². The van der Waals surface area contributed by atoms with Gasteiger partial charge in [-0.1, -0.05) is 12.1 Å². The maximum atomic E-state index is 12.0. The molecule has 2 N–H and O–H groups in total. The van der Waals surface area contributed by atoms with Gasteiger partial charge in [0.15, 0.2) is 18.1 Å². The van der Waals surface area contributed by atoms with Gasteiger partial charge in [-0.05, 0) is 29.8 Å². The zero-order valence-electron chi connectivity index (χ0n) is 15.0. The van der Waals surface area contributed by atoms with Gasteiger partial charge in [0.05, 0.1) is 14.2 Å². The molecule has 0 saturated heterocycles. The van der Waals surface area contributed by atoms with E-state index in [4.69, 9.17) is 14.2 Å². The van der Waals surface area contributed by atoms with Gasteiger partial charge in [0.1, 0.15) is 5.75 Å². The molecule has 0 heterocycles. The Labute approximate surface area is 152 Å². The quantitative estimate of drug-likeness (QED) is 0.757. The molecule has 0 atom stereocenters. The molecule has 138 valence electrons. The standard InChI is InChI=1S/C19H22N2O5/c1-13(22)21-15-5-4-6-16(10-15)26-12-19(23)20-11-14-7-8-17(24-2)18(9-14)25-3/h4-10H,11-12H2,1-3H3,(H,20,23)(H,21,22). The van der Waals surface area contributed by atoms with Crippen LogP contribution in [0.1, 0.15) is 12.5 Å². The first-order valence-electron chi connectivity index (χ1n) is 8.00. The second-order valence-electron chi connectivity index (χ2n) is 5.46. The van der Waals surface area contributed by atoms with E-state index >= 15 is 0 Å². The maximum absolute atomic E-state index is 12.0. The molecule has 0 bridgehead atoms. The Morgan fingerprint density at radius 2 is 1.77 bits per heavy atom. The lowest BCUT2D eigenvalue weighted by molar-refractivity contribution is -0.123. The lowest BCUT2D eigenvalue weighted by Crippen LogP contribution is -2.28. The van der Waals surface area contributed by atoms with Gasteiger partial charge in [-0.3, -0.25) is 9.59 Å². The van der Waals surface area contributed by atoms with Crippen molar-refractivity contribution < 1.29 is 23.8 Å². The number of benzene rings is 2. The summed E-state index contributed by atoms with van der Waals surface area (Å²) in [4.78, 5) is 23.0. The molecule has 0 aliphatic rings. The summed E-state index contributed by atoms with van der Waals surface area (Å²) in [6, 6.07) is 12.3. The molecule has 2 aromatic rings. The van der Waals surface area contributed by atoms with Crippen molar-refractivity contribution in [2.45, 2.75) is 13.5 Å². The SMILES string of the molecule is COc1ccc(CNC(=O)COc2cccc(NC(C)=O)c2)cc1OC. The molecule has 0 aliphatic carbocycles. The number of amides is 2. The smallest absolute Gasteiger partial charge is 0.258 e. The lowest BCUT2D eigenvalue weighted by Gasteiger charge is -2.11. The average molecular weight is 358 g/mol. The van der Waals surface area contributed by atoms with Gasteiger partial charge in [-0.2, -0.15) is 0 Å². The number of carbonyl (C=O) groups is 2. The summed E-state index contributed by atoms with van der Waals surface area (Å²) >= 11 is 0. The largest absolute Gasteiger partial charge is 0.493 e. The van der Waals surface area contributed by atoms with E-state index in [1.54, 1.807) is 50.6 Å². The van der Waals surface area contributed by atoms with Crippen molar-refractivity contribution in [3.63, 3.8) is 0 Å². The molecule has 7 heteroatoms. The Bertz CT molecular complexity index is 776. The first-order chi connectivity index (χ1) is 12.5. The van der Waals surface area contributed by atoms with Crippen molar-refractivity contribution in [3.05, 3.63) is 48.0 Å². The molecule has 7 nitrogen and oxygen atoms in total. The van der Waals surface area contributed by atoms with E-state index in [1.165, 1.54) is 6.92 Å². The summed E-state index contributed by atoms with van der Waals surface area (Å²) < 4.78 is 15.9. The highest BCUT2D eigenvalue weighted by molar-refractivity contribution is 5.88. The zero-order valence-corrected chi connectivity index (χ0v) is 15.0. The second-order valence-corrected chi connectivity index (χ2v) is 5.46. The van der Waals surface area contributed by atoms with Crippen LogP contribution in [0.2, 0.25) is 0 Å². The number of ether oxygens (including phenoxy) is 3. The molecule has 0 unspecified atom stereocenters. The Balaban J connectivity index is 1.85. The van der Waals surface area contributed by atoms with Crippen LogP contribution in [0.15, 0.2) is 42.5 Å². The van der Waals surface area contributed by atoms with E-state index in [1.807, 2.05) is 6.07 Å². The number of carbonyl (C=O) groups excluding carboxylic acids is 2. The molecule has 0 aliphatic heterocycles. The van der Waals surface area contributed by atoms with Crippen LogP contribution in [0.25, 0.3) is 0 Å². The van der Waals surface area contributed by atoms with Crippen LogP contribution >= 0.6 is 0 Å². The summed E-state index contributed by atoms with van der Waals surface area (Å²) in [6.45, 7) is 1.64. The average Bonchev–Trinajstić information content (AvgIpc) is 2.64. The number of methoxy groups -OCH3 is 2. The maximum Gasteiger partial charge on any atom is 0.258 e. The van der Waals surface area contributed by atoms with Crippen molar-refractivity contribution in [1.29, 1.82) is 0 Å². The van der Waals surface area contributed by atoms with E-state index in [9.17, 15) is 9.59 Å². The highest BCUT2D eigenvalue weighted by atomic mass is 16.5. The normalized spacial score (nSPS) is 9.96.